The number of ether oxygens (including phenoxy) is 1. The zero-order valence-corrected chi connectivity index (χ0v) is 11.4. The molecule has 1 aliphatic rings. The number of morpholine rings is 1. The van der Waals surface area contributed by atoms with Crippen molar-refractivity contribution in [2.45, 2.75) is 12.3 Å². The third-order valence-electron chi connectivity index (χ3n) is 3.15. The van der Waals surface area contributed by atoms with Gasteiger partial charge in [0, 0.05) is 19.6 Å². The lowest BCUT2D eigenvalue weighted by atomic mass is 10.2. The lowest BCUT2D eigenvalue weighted by Gasteiger charge is -2.30. The first-order chi connectivity index (χ1) is 9.90. The van der Waals surface area contributed by atoms with Crippen LogP contribution in [0.5, 0.6) is 0 Å². The van der Waals surface area contributed by atoms with Crippen LogP contribution in [0.15, 0.2) is 12.1 Å². The minimum atomic E-state index is -4.54. The third-order valence-corrected chi connectivity index (χ3v) is 3.15. The average Bonchev–Trinajstić information content (AvgIpc) is 2.44. The molecule has 21 heavy (non-hydrogen) atoms. The van der Waals surface area contributed by atoms with Crippen molar-refractivity contribution >= 4 is 5.82 Å². The van der Waals surface area contributed by atoms with Crippen molar-refractivity contribution in [1.82, 2.24) is 9.88 Å². The predicted molar refractivity (Wildman–Crippen MR) is 69.7 cm³/mol. The Bertz CT molecular complexity index is 541. The van der Waals surface area contributed by atoms with Crippen LogP contribution in [0.3, 0.4) is 0 Å². The van der Waals surface area contributed by atoms with Gasteiger partial charge in [0.1, 0.15) is 17.6 Å². The van der Waals surface area contributed by atoms with Gasteiger partial charge in [0.15, 0.2) is 0 Å². The molecule has 0 aliphatic carbocycles. The van der Waals surface area contributed by atoms with E-state index in [0.717, 1.165) is 18.7 Å². The first-order valence-electron chi connectivity index (χ1n) is 6.42. The Morgan fingerprint density at radius 3 is 2.90 bits per heavy atom. The fraction of sp³-hybridized carbons (Fsp3) is 0.538. The second-order valence-corrected chi connectivity index (χ2v) is 4.84. The number of nitriles is 1. The van der Waals surface area contributed by atoms with Crippen LogP contribution in [0, 0.1) is 11.3 Å². The van der Waals surface area contributed by atoms with Gasteiger partial charge in [-0.3, -0.25) is 0 Å². The van der Waals surface area contributed by atoms with Gasteiger partial charge in [-0.05, 0) is 19.2 Å². The van der Waals surface area contributed by atoms with Gasteiger partial charge in [0.25, 0.3) is 0 Å². The van der Waals surface area contributed by atoms with Crippen molar-refractivity contribution < 1.29 is 17.9 Å². The number of anilines is 1. The molecule has 1 atom stereocenters. The average molecular weight is 300 g/mol. The van der Waals surface area contributed by atoms with Gasteiger partial charge in [-0.1, -0.05) is 0 Å². The minimum absolute atomic E-state index is 0.0656. The third kappa shape index (κ3) is 4.06. The quantitative estimate of drug-likeness (QED) is 0.921. The number of hydrogen-bond donors (Lipinski definition) is 1. The number of alkyl halides is 3. The van der Waals surface area contributed by atoms with Crippen LogP contribution in [-0.4, -0.2) is 49.3 Å². The van der Waals surface area contributed by atoms with Gasteiger partial charge in [-0.25, -0.2) is 4.98 Å². The van der Waals surface area contributed by atoms with Crippen molar-refractivity contribution in [1.29, 1.82) is 5.26 Å². The largest absolute Gasteiger partial charge is 0.433 e. The summed E-state index contributed by atoms with van der Waals surface area (Å²) in [4.78, 5) is 5.56. The van der Waals surface area contributed by atoms with Crippen molar-refractivity contribution in [2.75, 3.05) is 38.6 Å². The Morgan fingerprint density at radius 2 is 2.29 bits per heavy atom. The maximum Gasteiger partial charge on any atom is 0.433 e. The molecule has 0 bridgehead atoms. The molecule has 1 unspecified atom stereocenters. The summed E-state index contributed by atoms with van der Waals surface area (Å²) in [5.74, 6) is -0.0656. The van der Waals surface area contributed by atoms with E-state index in [2.05, 4.69) is 15.2 Å². The monoisotopic (exact) mass is 300 g/mol. The molecule has 1 saturated heterocycles. The molecule has 1 fully saturated rings. The number of halogens is 3. The molecule has 0 saturated carbocycles. The van der Waals surface area contributed by atoms with E-state index in [9.17, 15) is 13.2 Å². The standard InChI is InChI=1S/C13H15F3N4O/c1-20-4-5-21-10(8-20)7-18-12-9(6-17)2-3-11(19-12)13(14,15)16/h2-3,10H,4-5,7-8H2,1H3,(H,18,19). The first kappa shape index (κ1) is 15.5. The highest BCUT2D eigenvalue weighted by molar-refractivity contribution is 5.52. The molecule has 0 aromatic carbocycles. The number of nitrogens with one attached hydrogen (secondary N) is 1. The number of likely N-dealkylation sites (N-methyl/N-ethyl adjacent to an activating group) is 1. The van der Waals surface area contributed by atoms with Gasteiger partial charge in [-0.2, -0.15) is 18.4 Å². The van der Waals surface area contributed by atoms with Crippen LogP contribution in [-0.2, 0) is 10.9 Å². The molecule has 114 valence electrons. The number of hydrogen-bond acceptors (Lipinski definition) is 5. The van der Waals surface area contributed by atoms with E-state index in [-0.39, 0.29) is 17.5 Å². The molecule has 0 spiro atoms. The summed E-state index contributed by atoms with van der Waals surface area (Å²) in [7, 11) is 1.94. The van der Waals surface area contributed by atoms with Crippen LogP contribution in [0.4, 0.5) is 19.0 Å². The molecule has 1 aromatic rings. The van der Waals surface area contributed by atoms with E-state index in [1.54, 1.807) is 0 Å². The van der Waals surface area contributed by atoms with Gasteiger partial charge < -0.3 is 15.0 Å². The molecule has 1 aliphatic heterocycles. The second-order valence-electron chi connectivity index (χ2n) is 4.84. The lowest BCUT2D eigenvalue weighted by molar-refractivity contribution is -0.141. The highest BCUT2D eigenvalue weighted by atomic mass is 19.4. The molecule has 5 nitrogen and oxygen atoms in total. The zero-order chi connectivity index (χ0) is 15.5. The number of nitrogens with zero attached hydrogens (tertiary/aromatic N) is 3. The molecular formula is C13H15F3N4O. The summed E-state index contributed by atoms with van der Waals surface area (Å²) >= 11 is 0. The van der Waals surface area contributed by atoms with Gasteiger partial charge in [-0.15, -0.1) is 0 Å². The molecule has 0 amide bonds. The molecule has 1 N–H and O–H groups in total. The molecular weight excluding hydrogens is 285 g/mol. The SMILES string of the molecule is CN1CCOC(CNc2nc(C(F)(F)F)ccc2C#N)C1. The summed E-state index contributed by atoms with van der Waals surface area (Å²) in [6, 6.07) is 3.74. The van der Waals surface area contributed by atoms with E-state index < -0.39 is 11.9 Å². The summed E-state index contributed by atoms with van der Waals surface area (Å²) in [6.07, 6.45) is -4.68. The predicted octanol–water partition coefficient (Wildman–Crippen LogP) is 1.71. The normalized spacial score (nSPS) is 20.0. The van der Waals surface area contributed by atoms with E-state index in [0.29, 0.717) is 19.7 Å². The topological polar surface area (TPSA) is 61.2 Å². The molecule has 2 rings (SSSR count). The fourth-order valence-corrected chi connectivity index (χ4v) is 2.04. The molecule has 8 heteroatoms. The number of pyridine rings is 1. The van der Waals surface area contributed by atoms with Gasteiger partial charge in [0.2, 0.25) is 0 Å². The van der Waals surface area contributed by atoms with Crippen molar-refractivity contribution in [3.8, 4) is 6.07 Å². The van der Waals surface area contributed by atoms with E-state index >= 15 is 0 Å². The summed E-state index contributed by atoms with van der Waals surface area (Å²) in [5.41, 5.74) is -0.946. The van der Waals surface area contributed by atoms with Crippen molar-refractivity contribution in [2.24, 2.45) is 0 Å². The zero-order valence-electron chi connectivity index (χ0n) is 11.4. The van der Waals surface area contributed by atoms with E-state index in [1.807, 2.05) is 13.1 Å². The van der Waals surface area contributed by atoms with Crippen LogP contribution in [0.2, 0.25) is 0 Å². The molecule has 0 radical (unpaired) electrons. The van der Waals surface area contributed by atoms with Crippen LogP contribution in [0.1, 0.15) is 11.3 Å². The Hall–Kier alpha value is -1.85. The second kappa shape index (κ2) is 6.28. The Kier molecular flexibility index (Phi) is 4.65. The minimum Gasteiger partial charge on any atom is -0.374 e. The van der Waals surface area contributed by atoms with E-state index in [4.69, 9.17) is 10.00 Å². The van der Waals surface area contributed by atoms with Crippen LogP contribution >= 0.6 is 0 Å². The van der Waals surface area contributed by atoms with E-state index in [1.165, 1.54) is 0 Å². The number of aromatic nitrogens is 1. The highest BCUT2D eigenvalue weighted by Crippen LogP contribution is 2.29. The van der Waals surface area contributed by atoms with Gasteiger partial charge >= 0.3 is 6.18 Å². The Balaban J connectivity index is 2.09. The Morgan fingerprint density at radius 1 is 1.52 bits per heavy atom. The molecule has 1 aromatic heterocycles. The summed E-state index contributed by atoms with van der Waals surface area (Å²) < 4.78 is 43.4. The highest BCUT2D eigenvalue weighted by Gasteiger charge is 2.33. The summed E-state index contributed by atoms with van der Waals surface area (Å²) in [5, 5.41) is 11.7. The fourth-order valence-electron chi connectivity index (χ4n) is 2.04. The smallest absolute Gasteiger partial charge is 0.374 e. The maximum absolute atomic E-state index is 12.6. The first-order valence-corrected chi connectivity index (χ1v) is 6.42. The van der Waals surface area contributed by atoms with Crippen LogP contribution < -0.4 is 5.32 Å². The lowest BCUT2D eigenvalue weighted by Crippen LogP contribution is -2.43. The number of rotatable bonds is 3. The van der Waals surface area contributed by atoms with Crippen LogP contribution in [0.25, 0.3) is 0 Å². The van der Waals surface area contributed by atoms with Crippen molar-refractivity contribution in [3.05, 3.63) is 23.4 Å². The Labute approximate surface area is 120 Å². The maximum atomic E-state index is 12.6. The van der Waals surface area contributed by atoms with Crippen molar-refractivity contribution in [3.63, 3.8) is 0 Å². The van der Waals surface area contributed by atoms with Gasteiger partial charge in [0.05, 0.1) is 18.3 Å². The summed E-state index contributed by atoms with van der Waals surface area (Å²) in [6.45, 7) is 2.37. The molecule has 2 heterocycles.